The zero-order valence-electron chi connectivity index (χ0n) is 9.90. The Labute approximate surface area is 107 Å². The number of anilines is 2. The van der Waals surface area contributed by atoms with Crippen LogP contribution in [0.3, 0.4) is 0 Å². The van der Waals surface area contributed by atoms with E-state index in [1.54, 1.807) is 0 Å². The zero-order valence-corrected chi connectivity index (χ0v) is 10.7. The summed E-state index contributed by atoms with van der Waals surface area (Å²) in [5.74, 6) is 1.79. The summed E-state index contributed by atoms with van der Waals surface area (Å²) in [4.78, 5) is 13.5. The first kappa shape index (κ1) is 11.1. The van der Waals surface area contributed by atoms with Crippen LogP contribution in [-0.4, -0.2) is 36.1 Å². The highest BCUT2D eigenvalue weighted by atomic mass is 35.5. The first-order valence-corrected chi connectivity index (χ1v) is 6.75. The van der Waals surface area contributed by atoms with Crippen molar-refractivity contribution >= 4 is 23.4 Å². The Hall–Kier alpha value is -1.03. The lowest BCUT2D eigenvalue weighted by molar-refractivity contribution is 0.871. The molecule has 3 rings (SSSR count). The molecule has 0 amide bonds. The predicted molar refractivity (Wildman–Crippen MR) is 69.9 cm³/mol. The van der Waals surface area contributed by atoms with Crippen molar-refractivity contribution < 1.29 is 0 Å². The number of nitrogens with zero attached hydrogens (tertiary/aromatic N) is 4. The molecule has 0 N–H and O–H groups in total. The second kappa shape index (κ2) is 4.69. The lowest BCUT2D eigenvalue weighted by Gasteiger charge is -2.20. The van der Waals surface area contributed by atoms with Crippen LogP contribution in [0.15, 0.2) is 6.07 Å². The summed E-state index contributed by atoms with van der Waals surface area (Å²) < 4.78 is 0. The second-order valence-corrected chi connectivity index (χ2v) is 5.12. The van der Waals surface area contributed by atoms with Gasteiger partial charge in [-0.1, -0.05) is 11.6 Å². The number of hydrogen-bond donors (Lipinski definition) is 0. The van der Waals surface area contributed by atoms with Gasteiger partial charge in [-0.05, 0) is 25.7 Å². The average molecular weight is 258 g/mol. The standard InChI is InChI=1S/C12H17ClN4/c13-10-9-11(16-5-1-2-6-16)15-12(14-10)17-7-3-4-8-17/h9H,1-8H2/i10+1,11+1,12+1,14+1,15+1. The van der Waals surface area contributed by atoms with Crippen LogP contribution < -0.4 is 9.80 Å². The zero-order chi connectivity index (χ0) is 11.7. The van der Waals surface area contributed by atoms with Crippen LogP contribution in [-0.2, 0) is 0 Å². The Kier molecular flexibility index (Phi) is 3.05. The van der Waals surface area contributed by atoms with Gasteiger partial charge in [-0.25, -0.2) is 4.98 Å². The topological polar surface area (TPSA) is 32.3 Å². The van der Waals surface area contributed by atoms with Crippen LogP contribution >= 0.6 is 11.6 Å². The Morgan fingerprint density at radius 2 is 1.47 bits per heavy atom. The van der Waals surface area contributed by atoms with Crippen molar-refractivity contribution in [2.24, 2.45) is 0 Å². The van der Waals surface area contributed by atoms with E-state index in [2.05, 4.69) is 19.8 Å². The van der Waals surface area contributed by atoms with Gasteiger partial charge in [0.05, 0.1) is 0 Å². The first-order chi connectivity index (χ1) is 8.33. The molecular weight excluding hydrogens is 241 g/mol. The van der Waals surface area contributed by atoms with Crippen molar-refractivity contribution in [2.45, 2.75) is 25.7 Å². The van der Waals surface area contributed by atoms with Gasteiger partial charge in [-0.3, -0.25) is 0 Å². The third-order valence-electron chi connectivity index (χ3n) is 3.49. The average Bonchev–Trinajstić information content (AvgIpc) is 3.02. The smallest absolute Gasteiger partial charge is 0.228 e. The number of halogens is 1. The molecule has 0 spiro atoms. The van der Waals surface area contributed by atoms with E-state index in [4.69, 9.17) is 11.6 Å². The monoisotopic (exact) mass is 257 g/mol. The predicted octanol–water partition coefficient (Wildman–Crippen LogP) is 2.33. The van der Waals surface area contributed by atoms with E-state index >= 15 is 0 Å². The highest BCUT2D eigenvalue weighted by Gasteiger charge is 2.19. The Morgan fingerprint density at radius 3 is 2.12 bits per heavy atom. The summed E-state index contributed by atoms with van der Waals surface area (Å²) in [6.45, 7) is 4.29. The van der Waals surface area contributed by atoms with E-state index in [0.29, 0.717) is 5.15 Å². The van der Waals surface area contributed by atoms with Gasteiger partial charge in [0.25, 0.3) is 0 Å². The van der Waals surface area contributed by atoms with Gasteiger partial charge in [-0.2, -0.15) is 4.98 Å². The molecule has 17 heavy (non-hydrogen) atoms. The van der Waals surface area contributed by atoms with Gasteiger partial charge in [0, 0.05) is 32.2 Å². The normalized spacial score (nSPS) is 20.3. The van der Waals surface area contributed by atoms with E-state index in [1.165, 1.54) is 25.7 Å². The molecule has 2 aliphatic rings. The summed E-state index contributed by atoms with van der Waals surface area (Å²) in [7, 11) is 0. The maximum absolute atomic E-state index is 6.10. The number of aromatic nitrogens is 2. The summed E-state index contributed by atoms with van der Waals surface area (Å²) in [5.41, 5.74) is 0. The summed E-state index contributed by atoms with van der Waals surface area (Å²) >= 11 is 6.10. The van der Waals surface area contributed by atoms with E-state index < -0.39 is 0 Å². The largest absolute Gasteiger partial charge is 0.356 e. The molecule has 0 radical (unpaired) electrons. The summed E-state index contributed by atoms with van der Waals surface area (Å²) in [6.07, 6.45) is 4.96. The molecule has 0 aromatic carbocycles. The maximum Gasteiger partial charge on any atom is 0.228 e. The molecule has 2 aliphatic heterocycles. The van der Waals surface area contributed by atoms with Gasteiger partial charge in [0.2, 0.25) is 5.95 Å². The van der Waals surface area contributed by atoms with Crippen LogP contribution in [0.5, 0.6) is 0 Å². The number of hydrogen-bond acceptors (Lipinski definition) is 4. The Bertz CT molecular complexity index is 363. The first-order valence-electron chi connectivity index (χ1n) is 6.37. The molecular formula is C12H17ClN4. The van der Waals surface area contributed by atoms with Crippen molar-refractivity contribution in [1.29, 1.82) is 0 Å². The minimum atomic E-state index is 0.559. The minimum absolute atomic E-state index is 0.559. The number of rotatable bonds is 2. The molecule has 5 heteroatoms. The second-order valence-electron chi connectivity index (χ2n) is 4.74. The highest BCUT2D eigenvalue weighted by Crippen LogP contribution is 2.25. The van der Waals surface area contributed by atoms with Crippen LogP contribution in [0.2, 0.25) is 5.15 Å². The summed E-state index contributed by atoms with van der Waals surface area (Å²) in [5, 5.41) is 0.559. The quantitative estimate of drug-likeness (QED) is 0.762. The fourth-order valence-corrected chi connectivity index (χ4v) is 2.73. The maximum atomic E-state index is 6.10. The van der Waals surface area contributed by atoms with Crippen LogP contribution in [0, 0.1) is 0 Å². The van der Waals surface area contributed by atoms with E-state index in [9.17, 15) is 0 Å². The molecule has 4 nitrogen and oxygen atoms in total. The highest BCUT2D eigenvalue weighted by molar-refractivity contribution is 6.29. The van der Waals surface area contributed by atoms with Crippen LogP contribution in [0.1, 0.15) is 25.7 Å². The van der Waals surface area contributed by atoms with Gasteiger partial charge < -0.3 is 9.80 Å². The molecule has 0 bridgehead atoms. The molecule has 0 aliphatic carbocycles. The fraction of sp³-hybridized carbons (Fsp3) is 0.667. The lowest BCUT2D eigenvalue weighted by atomic mass is 10.4. The molecule has 92 valence electrons. The van der Waals surface area contributed by atoms with Gasteiger partial charge in [0.1, 0.15) is 11.0 Å². The van der Waals surface area contributed by atoms with E-state index in [1.807, 2.05) is 6.07 Å². The molecule has 2 fully saturated rings. The van der Waals surface area contributed by atoms with Gasteiger partial charge in [-0.15, -0.1) is 0 Å². The van der Waals surface area contributed by atoms with Crippen LogP contribution in [0.25, 0.3) is 0 Å². The van der Waals surface area contributed by atoms with Gasteiger partial charge >= 0.3 is 0 Å². The van der Waals surface area contributed by atoms with E-state index in [0.717, 1.165) is 37.9 Å². The Morgan fingerprint density at radius 1 is 0.882 bits per heavy atom. The van der Waals surface area contributed by atoms with Crippen molar-refractivity contribution in [3.05, 3.63) is 11.2 Å². The summed E-state index contributed by atoms with van der Waals surface area (Å²) in [6, 6.07) is 1.88. The molecule has 0 saturated carbocycles. The molecule has 0 unspecified atom stereocenters. The van der Waals surface area contributed by atoms with Crippen molar-refractivity contribution in [2.75, 3.05) is 36.0 Å². The van der Waals surface area contributed by atoms with E-state index in [-0.39, 0.29) is 0 Å². The SMILES string of the molecule is Cl[13c]1c[13c](N2CCCC2)[15n][13c](N2CCCC2)[15n]1. The van der Waals surface area contributed by atoms with Gasteiger partial charge in [0.15, 0.2) is 0 Å². The third kappa shape index (κ3) is 2.32. The minimum Gasteiger partial charge on any atom is -0.356 e. The van der Waals surface area contributed by atoms with Crippen molar-refractivity contribution in [3.63, 3.8) is 0 Å². The van der Waals surface area contributed by atoms with Crippen LogP contribution in [0.4, 0.5) is 11.8 Å². The third-order valence-corrected chi connectivity index (χ3v) is 3.68. The molecule has 1 aromatic heterocycles. The lowest BCUT2D eigenvalue weighted by Crippen LogP contribution is -2.24. The molecule has 2 saturated heterocycles. The van der Waals surface area contributed by atoms with Crippen molar-refractivity contribution in [3.8, 4) is 0 Å². The fourth-order valence-electron chi connectivity index (χ4n) is 2.56. The van der Waals surface area contributed by atoms with Crippen molar-refractivity contribution in [1.82, 2.24) is 9.97 Å². The Balaban J connectivity index is 1.88. The molecule has 1 aromatic rings. The molecule has 0 atom stereocenters. The molecule has 3 heterocycles.